The Morgan fingerprint density at radius 1 is 1.12 bits per heavy atom. The molecule has 6 heteroatoms. The lowest BCUT2D eigenvalue weighted by Crippen LogP contribution is -2.07. The third-order valence-corrected chi connectivity index (χ3v) is 4.32. The number of para-hydroxylation sites is 1. The molecule has 2 heterocycles. The number of rotatable bonds is 3. The van der Waals surface area contributed by atoms with Crippen LogP contribution in [0.1, 0.15) is 22.5 Å². The van der Waals surface area contributed by atoms with Crippen LogP contribution in [0.5, 0.6) is 11.5 Å². The molecule has 1 aromatic heterocycles. The third-order valence-electron chi connectivity index (χ3n) is 4.04. The Balaban J connectivity index is 1.50. The second kappa shape index (κ2) is 7.22. The van der Waals surface area contributed by atoms with Crippen LogP contribution in [0.25, 0.3) is 10.9 Å². The third kappa shape index (κ3) is 3.44. The number of esters is 1. The Labute approximate surface area is 155 Å². The highest BCUT2D eigenvalue weighted by atomic mass is 35.5. The highest BCUT2D eigenvalue weighted by Crippen LogP contribution is 2.38. The Hall–Kier alpha value is -2.79. The van der Waals surface area contributed by atoms with E-state index >= 15 is 0 Å². The normalized spacial score (nSPS) is 13.3. The minimum absolute atomic E-state index is 0.0731. The number of hydrogen-bond donors (Lipinski definition) is 0. The first kappa shape index (κ1) is 16.7. The number of aromatic nitrogens is 1. The standard InChI is InChI=1S/C20H16ClNO4/c21-15-10-13(11-18-19(15)25-9-3-8-24-18)12-26-20(23)17-7-6-14-4-1-2-5-16(14)22-17/h1-2,4-7,10-11H,3,8-9,12H2. The van der Waals surface area contributed by atoms with Gasteiger partial charge in [0.15, 0.2) is 11.5 Å². The fourth-order valence-electron chi connectivity index (χ4n) is 2.77. The molecule has 5 nitrogen and oxygen atoms in total. The quantitative estimate of drug-likeness (QED) is 0.640. The molecule has 0 fully saturated rings. The zero-order chi connectivity index (χ0) is 17.9. The van der Waals surface area contributed by atoms with Crippen LogP contribution >= 0.6 is 11.6 Å². The van der Waals surface area contributed by atoms with Gasteiger partial charge in [0.2, 0.25) is 0 Å². The van der Waals surface area contributed by atoms with E-state index in [9.17, 15) is 4.79 Å². The van der Waals surface area contributed by atoms with Gasteiger partial charge in [-0.2, -0.15) is 0 Å². The fourth-order valence-corrected chi connectivity index (χ4v) is 3.06. The Morgan fingerprint density at radius 2 is 1.96 bits per heavy atom. The van der Waals surface area contributed by atoms with Gasteiger partial charge in [-0.15, -0.1) is 0 Å². The van der Waals surface area contributed by atoms with E-state index in [4.69, 9.17) is 25.8 Å². The molecule has 1 aliphatic heterocycles. The van der Waals surface area contributed by atoms with E-state index < -0.39 is 5.97 Å². The van der Waals surface area contributed by atoms with E-state index in [-0.39, 0.29) is 12.3 Å². The maximum absolute atomic E-state index is 12.3. The predicted molar refractivity (Wildman–Crippen MR) is 97.9 cm³/mol. The number of pyridine rings is 1. The van der Waals surface area contributed by atoms with Crippen molar-refractivity contribution in [3.05, 3.63) is 64.8 Å². The SMILES string of the molecule is O=C(OCc1cc(Cl)c2c(c1)OCCCO2)c1ccc2ccccc2n1. The minimum Gasteiger partial charge on any atom is -0.489 e. The molecular formula is C20H16ClNO4. The van der Waals surface area contributed by atoms with Crippen molar-refractivity contribution in [2.45, 2.75) is 13.0 Å². The first-order valence-corrected chi connectivity index (χ1v) is 8.69. The van der Waals surface area contributed by atoms with Crippen LogP contribution in [0.2, 0.25) is 5.02 Å². The molecule has 0 spiro atoms. The molecule has 0 aliphatic carbocycles. The van der Waals surface area contributed by atoms with Crippen LogP contribution < -0.4 is 9.47 Å². The number of benzene rings is 2. The summed E-state index contributed by atoms with van der Waals surface area (Å²) >= 11 is 6.26. The van der Waals surface area contributed by atoms with Gasteiger partial charge in [0.1, 0.15) is 12.3 Å². The van der Waals surface area contributed by atoms with Crippen molar-refractivity contribution in [1.29, 1.82) is 0 Å². The van der Waals surface area contributed by atoms with Gasteiger partial charge in [0.25, 0.3) is 0 Å². The lowest BCUT2D eigenvalue weighted by molar-refractivity contribution is 0.0466. The first-order valence-electron chi connectivity index (χ1n) is 8.32. The van der Waals surface area contributed by atoms with E-state index in [0.29, 0.717) is 29.7 Å². The summed E-state index contributed by atoms with van der Waals surface area (Å²) in [5, 5.41) is 1.41. The summed E-state index contributed by atoms with van der Waals surface area (Å²) in [7, 11) is 0. The molecule has 0 saturated carbocycles. The molecule has 0 amide bonds. The average Bonchev–Trinajstić information content (AvgIpc) is 2.91. The smallest absolute Gasteiger partial charge is 0.357 e. The van der Waals surface area contributed by atoms with Crippen LogP contribution in [0.4, 0.5) is 0 Å². The van der Waals surface area contributed by atoms with Crippen molar-refractivity contribution in [2.24, 2.45) is 0 Å². The number of hydrogen-bond acceptors (Lipinski definition) is 5. The van der Waals surface area contributed by atoms with E-state index in [1.54, 1.807) is 18.2 Å². The number of halogens is 1. The van der Waals surface area contributed by atoms with Gasteiger partial charge in [-0.05, 0) is 29.8 Å². The zero-order valence-electron chi connectivity index (χ0n) is 13.9. The molecule has 0 saturated heterocycles. The maximum Gasteiger partial charge on any atom is 0.357 e. The Morgan fingerprint density at radius 3 is 2.88 bits per heavy atom. The van der Waals surface area contributed by atoms with Gasteiger partial charge in [-0.3, -0.25) is 0 Å². The van der Waals surface area contributed by atoms with Crippen LogP contribution in [-0.2, 0) is 11.3 Å². The summed E-state index contributed by atoms with van der Waals surface area (Å²) in [6.45, 7) is 1.20. The molecule has 1 aliphatic rings. The second-order valence-electron chi connectivity index (χ2n) is 5.92. The molecule has 26 heavy (non-hydrogen) atoms. The minimum atomic E-state index is -0.487. The van der Waals surface area contributed by atoms with Gasteiger partial charge < -0.3 is 14.2 Å². The van der Waals surface area contributed by atoms with Gasteiger partial charge in [-0.1, -0.05) is 35.9 Å². The fraction of sp³-hybridized carbons (Fsp3) is 0.200. The molecule has 4 rings (SSSR count). The summed E-state index contributed by atoms with van der Waals surface area (Å²) in [5.74, 6) is 0.624. The molecule has 132 valence electrons. The molecule has 2 aromatic carbocycles. The van der Waals surface area contributed by atoms with E-state index in [2.05, 4.69) is 4.98 Å². The second-order valence-corrected chi connectivity index (χ2v) is 6.33. The topological polar surface area (TPSA) is 57.7 Å². The zero-order valence-corrected chi connectivity index (χ0v) is 14.7. The summed E-state index contributed by atoms with van der Waals surface area (Å²) in [6.07, 6.45) is 0.795. The summed E-state index contributed by atoms with van der Waals surface area (Å²) in [6, 6.07) is 14.6. The maximum atomic E-state index is 12.3. The molecule has 0 N–H and O–H groups in total. The summed E-state index contributed by atoms with van der Waals surface area (Å²) < 4.78 is 16.6. The van der Waals surface area contributed by atoms with Gasteiger partial charge in [0, 0.05) is 11.8 Å². The van der Waals surface area contributed by atoms with E-state index in [0.717, 1.165) is 22.9 Å². The van der Waals surface area contributed by atoms with Gasteiger partial charge in [0.05, 0.1) is 23.8 Å². The van der Waals surface area contributed by atoms with Crippen molar-refractivity contribution in [3.8, 4) is 11.5 Å². The van der Waals surface area contributed by atoms with Crippen molar-refractivity contribution in [1.82, 2.24) is 4.98 Å². The monoisotopic (exact) mass is 369 g/mol. The lowest BCUT2D eigenvalue weighted by Gasteiger charge is -2.12. The number of carbonyl (C=O) groups excluding carboxylic acids is 1. The largest absolute Gasteiger partial charge is 0.489 e. The summed E-state index contributed by atoms with van der Waals surface area (Å²) in [4.78, 5) is 16.7. The number of fused-ring (bicyclic) bond motifs is 2. The van der Waals surface area contributed by atoms with Crippen molar-refractivity contribution >= 4 is 28.5 Å². The van der Waals surface area contributed by atoms with Crippen molar-refractivity contribution in [3.63, 3.8) is 0 Å². The highest BCUT2D eigenvalue weighted by molar-refractivity contribution is 6.32. The average molecular weight is 370 g/mol. The summed E-state index contributed by atoms with van der Waals surface area (Å²) in [5.41, 5.74) is 1.75. The molecule has 0 unspecified atom stereocenters. The number of nitrogens with zero attached hydrogens (tertiary/aromatic N) is 1. The molecule has 0 radical (unpaired) electrons. The van der Waals surface area contributed by atoms with Crippen LogP contribution in [0, 0.1) is 0 Å². The van der Waals surface area contributed by atoms with Crippen molar-refractivity contribution < 1.29 is 19.0 Å². The van der Waals surface area contributed by atoms with E-state index in [1.165, 1.54) is 0 Å². The van der Waals surface area contributed by atoms with Crippen LogP contribution in [0.3, 0.4) is 0 Å². The van der Waals surface area contributed by atoms with Crippen molar-refractivity contribution in [2.75, 3.05) is 13.2 Å². The first-order chi connectivity index (χ1) is 12.7. The van der Waals surface area contributed by atoms with Crippen LogP contribution in [0.15, 0.2) is 48.5 Å². The number of carbonyl (C=O) groups is 1. The Kier molecular flexibility index (Phi) is 4.63. The van der Waals surface area contributed by atoms with Gasteiger partial charge in [-0.25, -0.2) is 9.78 Å². The molecule has 0 bridgehead atoms. The molecule has 0 atom stereocenters. The Bertz CT molecular complexity index is 973. The van der Waals surface area contributed by atoms with Gasteiger partial charge >= 0.3 is 5.97 Å². The highest BCUT2D eigenvalue weighted by Gasteiger charge is 2.17. The lowest BCUT2D eigenvalue weighted by atomic mass is 10.2. The number of ether oxygens (including phenoxy) is 3. The molecular weight excluding hydrogens is 354 g/mol. The van der Waals surface area contributed by atoms with E-state index in [1.807, 2.05) is 30.3 Å². The predicted octanol–water partition coefficient (Wildman–Crippen LogP) is 4.41. The van der Waals surface area contributed by atoms with Crippen LogP contribution in [-0.4, -0.2) is 24.2 Å². The molecule has 3 aromatic rings.